The predicted octanol–water partition coefficient (Wildman–Crippen LogP) is 1.37. The lowest BCUT2D eigenvalue weighted by atomic mass is 9.96. The second-order valence-electron chi connectivity index (χ2n) is 5.52. The highest BCUT2D eigenvalue weighted by Gasteiger charge is 2.20. The number of nitrogens with two attached hydrogens (primary N) is 1. The van der Waals surface area contributed by atoms with E-state index in [1.165, 1.54) is 0 Å². The summed E-state index contributed by atoms with van der Waals surface area (Å²) >= 11 is 0. The van der Waals surface area contributed by atoms with Gasteiger partial charge in [0.05, 0.1) is 5.56 Å². The van der Waals surface area contributed by atoms with E-state index in [-0.39, 0.29) is 11.1 Å². The highest BCUT2D eigenvalue weighted by Crippen LogP contribution is 2.25. The monoisotopic (exact) mass is 327 g/mol. The Morgan fingerprint density at radius 3 is 2.54 bits per heavy atom. The fourth-order valence-corrected chi connectivity index (χ4v) is 2.76. The smallest absolute Gasteiger partial charge is 0.349 e. The van der Waals surface area contributed by atoms with Crippen LogP contribution in [0, 0.1) is 0 Å². The molecule has 0 bridgehead atoms. The quantitative estimate of drug-likeness (QED) is 0.703. The topological polar surface area (TPSA) is 111 Å². The van der Waals surface area contributed by atoms with Gasteiger partial charge in [-0.05, 0) is 24.0 Å². The van der Waals surface area contributed by atoms with E-state index in [1.54, 1.807) is 24.3 Å². The van der Waals surface area contributed by atoms with Gasteiger partial charge < -0.3 is 10.3 Å². The van der Waals surface area contributed by atoms with Crippen LogP contribution >= 0.6 is 0 Å². The van der Waals surface area contributed by atoms with Crippen LogP contribution in [0.15, 0.2) is 49.1 Å². The largest absolute Gasteiger partial charge is 0.405 e. The van der Waals surface area contributed by atoms with Gasteiger partial charge in [-0.3, -0.25) is 9.78 Å². The molecule has 0 amide bonds. The normalized spacial score (nSPS) is 11.0. The van der Waals surface area contributed by atoms with Crippen LogP contribution < -0.4 is 22.7 Å². The molecule has 0 radical (unpaired) electrons. The first-order valence-electron chi connectivity index (χ1n) is 7.70. The number of rotatable bonds is 4. The summed E-state index contributed by atoms with van der Waals surface area (Å²) in [6.45, 7) is 2.01. The average Bonchev–Trinajstić information content (AvgIpc) is 2.58. The van der Waals surface area contributed by atoms with E-state index < -0.39 is 16.9 Å². The lowest BCUT2D eigenvalue weighted by molar-refractivity contribution is 0.544. The van der Waals surface area contributed by atoms with E-state index in [0.717, 1.165) is 12.8 Å². The Morgan fingerprint density at radius 2 is 1.88 bits per heavy atom. The van der Waals surface area contributed by atoms with Crippen molar-refractivity contribution >= 4 is 11.1 Å². The van der Waals surface area contributed by atoms with Crippen molar-refractivity contribution in [1.29, 1.82) is 0 Å². The molecule has 0 fully saturated rings. The maximum atomic E-state index is 12.5. The number of H-pyrrole nitrogens is 1. The van der Waals surface area contributed by atoms with Crippen LogP contribution in [0.5, 0.6) is 0 Å². The Hall–Kier alpha value is -3.09. The third-order valence-corrected chi connectivity index (χ3v) is 3.94. The molecule has 1 aromatic carbocycles. The van der Waals surface area contributed by atoms with Gasteiger partial charge in [-0.25, -0.2) is 9.59 Å². The first-order valence-corrected chi connectivity index (χ1v) is 7.70. The molecule has 124 valence electrons. The minimum Gasteiger partial charge on any atom is -0.405 e. The van der Waals surface area contributed by atoms with Crippen LogP contribution in [0.4, 0.5) is 0 Å². The third kappa shape index (κ3) is 2.54. The molecule has 0 aliphatic heterocycles. The zero-order valence-corrected chi connectivity index (χ0v) is 13.2. The number of hydrogen-bond acceptors (Lipinski definition) is 5. The van der Waals surface area contributed by atoms with Gasteiger partial charge in [-0.2, -0.15) is 4.68 Å². The molecule has 24 heavy (non-hydrogen) atoms. The van der Waals surface area contributed by atoms with Crippen molar-refractivity contribution in [1.82, 2.24) is 9.66 Å². The molecule has 0 unspecified atom stereocenters. The zero-order valence-electron chi connectivity index (χ0n) is 13.2. The number of aromatic nitrogens is 2. The highest BCUT2D eigenvalue weighted by molar-refractivity contribution is 5.84. The molecular formula is C17H17N3O4. The fraction of sp³-hybridized carbons (Fsp3) is 0.235. The van der Waals surface area contributed by atoms with Crippen LogP contribution in [0.2, 0.25) is 0 Å². The van der Waals surface area contributed by atoms with Crippen molar-refractivity contribution in [2.75, 3.05) is 5.84 Å². The van der Waals surface area contributed by atoms with Crippen molar-refractivity contribution in [3.05, 3.63) is 67.2 Å². The molecule has 0 atom stereocenters. The summed E-state index contributed by atoms with van der Waals surface area (Å²) < 4.78 is 5.70. The minimum atomic E-state index is -0.829. The zero-order chi connectivity index (χ0) is 17.3. The number of hydrogen-bond donors (Lipinski definition) is 2. The van der Waals surface area contributed by atoms with Crippen molar-refractivity contribution in [3.63, 3.8) is 0 Å². The van der Waals surface area contributed by atoms with Gasteiger partial charge in [0.25, 0.3) is 5.56 Å². The van der Waals surface area contributed by atoms with Crippen LogP contribution in [0.3, 0.4) is 0 Å². The molecule has 7 nitrogen and oxygen atoms in total. The summed E-state index contributed by atoms with van der Waals surface area (Å²) in [5.41, 5.74) is -0.693. The Labute approximate surface area is 136 Å². The maximum Gasteiger partial charge on any atom is 0.349 e. The second-order valence-corrected chi connectivity index (χ2v) is 5.52. The van der Waals surface area contributed by atoms with Gasteiger partial charge in [0.15, 0.2) is 0 Å². The Kier molecular flexibility index (Phi) is 4.07. The van der Waals surface area contributed by atoms with E-state index in [0.29, 0.717) is 27.8 Å². The number of benzene rings is 1. The fourth-order valence-electron chi connectivity index (χ4n) is 2.76. The molecule has 0 aliphatic rings. The van der Waals surface area contributed by atoms with Gasteiger partial charge in [-0.1, -0.05) is 43.7 Å². The van der Waals surface area contributed by atoms with E-state index >= 15 is 0 Å². The van der Waals surface area contributed by atoms with Gasteiger partial charge in [0.2, 0.25) is 5.71 Å². The number of nitrogens with zero attached hydrogens (tertiary/aromatic N) is 1. The average molecular weight is 327 g/mol. The summed E-state index contributed by atoms with van der Waals surface area (Å²) in [4.78, 5) is 39.0. The third-order valence-electron chi connectivity index (χ3n) is 3.94. The molecule has 2 heterocycles. The van der Waals surface area contributed by atoms with Crippen LogP contribution in [0.25, 0.3) is 22.2 Å². The molecule has 3 N–H and O–H groups in total. The molecule has 0 spiro atoms. The van der Waals surface area contributed by atoms with E-state index in [1.807, 2.05) is 13.0 Å². The highest BCUT2D eigenvalue weighted by atomic mass is 16.4. The molecule has 2 aromatic heterocycles. The number of nitrogen functional groups attached to an aromatic ring is 1. The molecular weight excluding hydrogens is 310 g/mol. The van der Waals surface area contributed by atoms with Crippen LogP contribution in [-0.4, -0.2) is 9.66 Å². The molecule has 0 aliphatic carbocycles. The molecule has 3 aromatic rings. The number of fused-ring (bicyclic) bond motifs is 1. The summed E-state index contributed by atoms with van der Waals surface area (Å²) in [5, 5.41) is 0.143. The van der Waals surface area contributed by atoms with Gasteiger partial charge in [-0.15, -0.1) is 0 Å². The number of nitrogens with one attached hydrogen (secondary N) is 1. The molecule has 0 saturated carbocycles. The summed E-state index contributed by atoms with van der Waals surface area (Å²) in [5.74, 6) is 5.51. The van der Waals surface area contributed by atoms with E-state index in [4.69, 9.17) is 10.3 Å². The summed E-state index contributed by atoms with van der Waals surface area (Å²) in [6.07, 6.45) is 2.17. The predicted molar refractivity (Wildman–Crippen MR) is 91.6 cm³/mol. The number of unbranched alkanes of at least 4 members (excludes halogenated alkanes) is 1. The van der Waals surface area contributed by atoms with E-state index in [9.17, 15) is 14.4 Å². The second kappa shape index (κ2) is 6.19. The van der Waals surface area contributed by atoms with Gasteiger partial charge in [0.1, 0.15) is 5.39 Å². The van der Waals surface area contributed by atoms with Crippen molar-refractivity contribution in [2.24, 2.45) is 0 Å². The van der Waals surface area contributed by atoms with Crippen molar-refractivity contribution < 1.29 is 4.42 Å². The lowest BCUT2D eigenvalue weighted by Crippen LogP contribution is -2.41. The van der Waals surface area contributed by atoms with Crippen molar-refractivity contribution in [3.8, 4) is 11.1 Å². The maximum absolute atomic E-state index is 12.5. The van der Waals surface area contributed by atoms with Crippen LogP contribution in [-0.2, 0) is 6.42 Å². The standard InChI is InChI=1S/C17H17N3O4/c1-2-3-9-11-12(10-7-5-4-6-8-10)16(22)24-14-13(11)15(21)20(18)17(23)19-14/h4-8H,2-3,9,18H2,1H3,(H,19,23). The molecule has 0 saturated heterocycles. The van der Waals surface area contributed by atoms with Crippen molar-refractivity contribution in [2.45, 2.75) is 26.2 Å². The first kappa shape index (κ1) is 15.8. The van der Waals surface area contributed by atoms with Crippen LogP contribution in [0.1, 0.15) is 25.3 Å². The Morgan fingerprint density at radius 1 is 1.17 bits per heavy atom. The molecule has 7 heteroatoms. The minimum absolute atomic E-state index is 0.137. The Bertz CT molecular complexity index is 1060. The SMILES string of the molecule is CCCCc1c(-c2ccccc2)c(=O)oc2[nH]c(=O)n(N)c(=O)c12. The summed E-state index contributed by atoms with van der Waals surface area (Å²) in [7, 11) is 0. The first-order chi connectivity index (χ1) is 11.5. The molecule has 3 rings (SSSR count). The van der Waals surface area contributed by atoms with Gasteiger partial charge in [0, 0.05) is 0 Å². The van der Waals surface area contributed by atoms with E-state index in [2.05, 4.69) is 4.98 Å². The number of aromatic amines is 1. The lowest BCUT2D eigenvalue weighted by Gasteiger charge is -2.11. The van der Waals surface area contributed by atoms with Gasteiger partial charge >= 0.3 is 11.3 Å². The Balaban J connectivity index is 2.48. The summed E-state index contributed by atoms with van der Waals surface area (Å²) in [6, 6.07) is 9.00. The number of aryl methyl sites for hydroxylation is 1.